The molecule has 0 aliphatic heterocycles. The largest absolute Gasteiger partial charge is 0.381 e. The van der Waals surface area contributed by atoms with Gasteiger partial charge in [-0.05, 0) is 54.3 Å². The lowest BCUT2D eigenvalue weighted by molar-refractivity contribution is 0.0669. The van der Waals surface area contributed by atoms with Crippen LogP contribution < -0.4 is 5.32 Å². The molecule has 0 saturated heterocycles. The third-order valence-electron chi connectivity index (χ3n) is 3.88. The van der Waals surface area contributed by atoms with Gasteiger partial charge < -0.3 is 10.1 Å². The Labute approximate surface area is 122 Å². The van der Waals surface area contributed by atoms with E-state index in [2.05, 4.69) is 20.8 Å². The summed E-state index contributed by atoms with van der Waals surface area (Å²) in [4.78, 5) is 0. The van der Waals surface area contributed by atoms with Crippen molar-refractivity contribution in [2.24, 2.45) is 0 Å². The van der Waals surface area contributed by atoms with Crippen LogP contribution in [-0.4, -0.2) is 39.5 Å². The monoisotopic (exact) mass is 291 g/mol. The number of methoxy groups -OCH3 is 1. The number of halogens is 1. The minimum Gasteiger partial charge on any atom is -0.381 e. The Morgan fingerprint density at radius 2 is 2.29 bits per heavy atom. The molecule has 0 spiro atoms. The number of tetrazole rings is 1. The Morgan fingerprint density at radius 1 is 1.38 bits per heavy atom. The zero-order valence-electron chi connectivity index (χ0n) is 11.9. The first-order chi connectivity index (χ1) is 10.3. The van der Waals surface area contributed by atoms with Gasteiger partial charge in [-0.2, -0.15) is 0 Å². The van der Waals surface area contributed by atoms with Gasteiger partial charge in [0, 0.05) is 13.2 Å². The quantitative estimate of drug-likeness (QED) is 0.935. The summed E-state index contributed by atoms with van der Waals surface area (Å²) in [7, 11) is 1.73. The summed E-state index contributed by atoms with van der Waals surface area (Å²) in [5.74, 6) is -0.272. The van der Waals surface area contributed by atoms with Gasteiger partial charge in [-0.25, -0.2) is 9.07 Å². The van der Waals surface area contributed by atoms with Gasteiger partial charge in [-0.1, -0.05) is 0 Å². The van der Waals surface area contributed by atoms with Crippen LogP contribution in [0.15, 0.2) is 24.5 Å². The molecule has 1 aliphatic carbocycles. The third kappa shape index (κ3) is 3.18. The number of aromatic nitrogens is 4. The van der Waals surface area contributed by atoms with Crippen molar-refractivity contribution < 1.29 is 9.13 Å². The van der Waals surface area contributed by atoms with Gasteiger partial charge in [0.05, 0.1) is 17.5 Å². The molecule has 7 heteroatoms. The van der Waals surface area contributed by atoms with Crippen molar-refractivity contribution >= 4 is 5.69 Å². The molecule has 3 rings (SSSR count). The summed E-state index contributed by atoms with van der Waals surface area (Å²) >= 11 is 0. The van der Waals surface area contributed by atoms with E-state index >= 15 is 0 Å². The van der Waals surface area contributed by atoms with Crippen molar-refractivity contribution in [1.29, 1.82) is 0 Å². The molecule has 1 fully saturated rings. The fourth-order valence-electron chi connectivity index (χ4n) is 2.76. The predicted molar refractivity (Wildman–Crippen MR) is 75.8 cm³/mol. The summed E-state index contributed by atoms with van der Waals surface area (Å²) in [6, 6.07) is 5.02. The highest BCUT2D eigenvalue weighted by Gasteiger charge is 2.22. The molecule has 1 aliphatic rings. The second kappa shape index (κ2) is 6.17. The number of ether oxygens (including phenoxy) is 1. The second-order valence-corrected chi connectivity index (χ2v) is 5.28. The lowest BCUT2D eigenvalue weighted by Crippen LogP contribution is -2.31. The zero-order valence-corrected chi connectivity index (χ0v) is 11.9. The lowest BCUT2D eigenvalue weighted by Gasteiger charge is -2.29. The molecule has 1 aromatic carbocycles. The number of benzene rings is 1. The molecule has 2 atom stereocenters. The van der Waals surface area contributed by atoms with Crippen LogP contribution in [0.25, 0.3) is 5.69 Å². The van der Waals surface area contributed by atoms with Crippen LogP contribution in [0.5, 0.6) is 0 Å². The Hall–Kier alpha value is -2.02. The number of rotatable bonds is 4. The molecule has 1 aromatic heterocycles. The van der Waals surface area contributed by atoms with E-state index in [4.69, 9.17) is 4.74 Å². The first kappa shape index (κ1) is 13.9. The van der Waals surface area contributed by atoms with Crippen molar-refractivity contribution in [3.05, 3.63) is 30.3 Å². The van der Waals surface area contributed by atoms with Crippen LogP contribution in [0.3, 0.4) is 0 Å². The Morgan fingerprint density at radius 3 is 3.05 bits per heavy atom. The van der Waals surface area contributed by atoms with Gasteiger partial charge in [0.15, 0.2) is 0 Å². The van der Waals surface area contributed by atoms with Gasteiger partial charge >= 0.3 is 0 Å². The molecular formula is C14H18FN5O. The van der Waals surface area contributed by atoms with Crippen molar-refractivity contribution in [1.82, 2.24) is 20.2 Å². The molecular weight excluding hydrogens is 273 g/mol. The highest BCUT2D eigenvalue weighted by molar-refractivity contribution is 5.52. The highest BCUT2D eigenvalue weighted by Crippen LogP contribution is 2.26. The minimum absolute atomic E-state index is 0.224. The van der Waals surface area contributed by atoms with E-state index in [1.165, 1.54) is 17.1 Å². The standard InChI is InChI=1S/C14H18FN5O/c1-21-12-4-2-3-10(7-12)17-14-8-11(5-6-13(14)15)20-9-16-18-19-20/h5-6,8-10,12,17H,2-4,7H2,1H3. The second-order valence-electron chi connectivity index (χ2n) is 5.28. The van der Waals surface area contributed by atoms with Crippen molar-refractivity contribution in [2.45, 2.75) is 37.8 Å². The number of nitrogens with one attached hydrogen (secondary N) is 1. The normalized spacial score (nSPS) is 22.2. The predicted octanol–water partition coefficient (Wildman–Crippen LogP) is 2.17. The SMILES string of the molecule is COC1CCCC(Nc2cc(-n3cnnn3)ccc2F)C1. The van der Waals surface area contributed by atoms with E-state index in [0.717, 1.165) is 31.4 Å². The van der Waals surface area contributed by atoms with Crippen LogP contribution >= 0.6 is 0 Å². The van der Waals surface area contributed by atoms with E-state index in [0.29, 0.717) is 5.69 Å². The lowest BCUT2D eigenvalue weighted by atomic mass is 9.92. The summed E-state index contributed by atoms with van der Waals surface area (Å²) in [5.41, 5.74) is 1.20. The summed E-state index contributed by atoms with van der Waals surface area (Å²) in [6.45, 7) is 0. The molecule has 1 heterocycles. The number of anilines is 1. The van der Waals surface area contributed by atoms with E-state index in [1.54, 1.807) is 19.2 Å². The van der Waals surface area contributed by atoms with Crippen LogP contribution in [0.1, 0.15) is 25.7 Å². The van der Waals surface area contributed by atoms with Gasteiger partial charge in [0.2, 0.25) is 0 Å². The fourth-order valence-corrected chi connectivity index (χ4v) is 2.76. The maximum Gasteiger partial charge on any atom is 0.146 e. The fraction of sp³-hybridized carbons (Fsp3) is 0.500. The molecule has 0 amide bonds. The van der Waals surface area contributed by atoms with Gasteiger partial charge in [-0.3, -0.25) is 0 Å². The average Bonchev–Trinajstić information content (AvgIpc) is 3.04. The molecule has 1 N–H and O–H groups in total. The van der Waals surface area contributed by atoms with E-state index in [1.807, 2.05) is 0 Å². The van der Waals surface area contributed by atoms with Crippen LogP contribution in [-0.2, 0) is 4.74 Å². The molecule has 112 valence electrons. The first-order valence-corrected chi connectivity index (χ1v) is 7.08. The number of hydrogen-bond acceptors (Lipinski definition) is 5. The van der Waals surface area contributed by atoms with Crippen LogP contribution in [0, 0.1) is 5.82 Å². The van der Waals surface area contributed by atoms with Gasteiger partial charge in [0.25, 0.3) is 0 Å². The summed E-state index contributed by atoms with van der Waals surface area (Å²) in [6.07, 6.45) is 5.81. The van der Waals surface area contributed by atoms with Crippen molar-refractivity contribution in [3.8, 4) is 5.69 Å². The summed E-state index contributed by atoms with van der Waals surface area (Å²) < 4.78 is 20.9. The van der Waals surface area contributed by atoms with Crippen LogP contribution in [0.2, 0.25) is 0 Å². The van der Waals surface area contributed by atoms with Crippen LogP contribution in [0.4, 0.5) is 10.1 Å². The van der Waals surface area contributed by atoms with E-state index in [9.17, 15) is 4.39 Å². The highest BCUT2D eigenvalue weighted by atomic mass is 19.1. The van der Waals surface area contributed by atoms with Crippen molar-refractivity contribution in [3.63, 3.8) is 0 Å². The average molecular weight is 291 g/mol. The van der Waals surface area contributed by atoms with Gasteiger partial charge in [0.1, 0.15) is 12.1 Å². The summed E-state index contributed by atoms with van der Waals surface area (Å²) in [5, 5.41) is 14.3. The maximum atomic E-state index is 14.0. The molecule has 21 heavy (non-hydrogen) atoms. The molecule has 0 radical (unpaired) electrons. The van der Waals surface area contributed by atoms with Gasteiger partial charge in [-0.15, -0.1) is 5.10 Å². The molecule has 2 unspecified atom stereocenters. The number of hydrogen-bond donors (Lipinski definition) is 1. The maximum absolute atomic E-state index is 14.0. The Bertz CT molecular complexity index is 589. The minimum atomic E-state index is -0.272. The Balaban J connectivity index is 1.77. The molecule has 2 aromatic rings. The number of nitrogens with zero attached hydrogens (tertiary/aromatic N) is 4. The first-order valence-electron chi connectivity index (χ1n) is 7.08. The van der Waals surface area contributed by atoms with E-state index < -0.39 is 0 Å². The molecule has 1 saturated carbocycles. The smallest absolute Gasteiger partial charge is 0.146 e. The van der Waals surface area contributed by atoms with E-state index in [-0.39, 0.29) is 18.0 Å². The molecule has 6 nitrogen and oxygen atoms in total. The molecule has 0 bridgehead atoms. The Kier molecular flexibility index (Phi) is 4.10. The van der Waals surface area contributed by atoms with Crippen molar-refractivity contribution in [2.75, 3.05) is 12.4 Å². The zero-order chi connectivity index (χ0) is 14.7. The third-order valence-corrected chi connectivity index (χ3v) is 3.88. The topological polar surface area (TPSA) is 64.9 Å².